The van der Waals surface area contributed by atoms with Gasteiger partial charge in [0.15, 0.2) is 0 Å². The predicted octanol–water partition coefficient (Wildman–Crippen LogP) is 1.17. The summed E-state index contributed by atoms with van der Waals surface area (Å²) in [5, 5.41) is 32.2. The van der Waals surface area contributed by atoms with Crippen LogP contribution in [0.5, 0.6) is 5.75 Å². The van der Waals surface area contributed by atoms with Gasteiger partial charge in [0, 0.05) is 19.0 Å². The van der Waals surface area contributed by atoms with Crippen LogP contribution in [0.15, 0.2) is 48.5 Å². The molecule has 4 N–H and O–H groups in total. The van der Waals surface area contributed by atoms with Gasteiger partial charge in [-0.15, -0.1) is 0 Å². The molecule has 0 spiro atoms. The largest absolute Gasteiger partial charge is 0.489 e. The van der Waals surface area contributed by atoms with Gasteiger partial charge in [-0.25, -0.2) is 0 Å². The predicted molar refractivity (Wildman–Crippen MR) is 102 cm³/mol. The summed E-state index contributed by atoms with van der Waals surface area (Å²) in [6, 6.07) is 14.2. The number of ether oxygens (including phenoxy) is 2. The molecule has 0 aromatic heterocycles. The molecule has 1 amide bonds. The van der Waals surface area contributed by atoms with Gasteiger partial charge in [0.1, 0.15) is 24.6 Å². The minimum absolute atomic E-state index is 0.163. The summed E-state index contributed by atoms with van der Waals surface area (Å²) in [5.41, 5.74) is 2.05. The number of amides is 1. The lowest BCUT2D eigenvalue weighted by Crippen LogP contribution is -2.44. The van der Waals surface area contributed by atoms with E-state index < -0.39 is 24.4 Å². The zero-order chi connectivity index (χ0) is 20.1. The number of hydrogen-bond acceptors (Lipinski definition) is 6. The normalized spacial score (nSPS) is 24.6. The fourth-order valence-corrected chi connectivity index (χ4v) is 3.24. The summed E-state index contributed by atoms with van der Waals surface area (Å²) in [6.07, 6.45) is -3.14. The number of carbonyl (C=O) groups is 1. The van der Waals surface area contributed by atoms with Gasteiger partial charge < -0.3 is 30.1 Å². The lowest BCUT2D eigenvalue weighted by Gasteiger charge is -2.36. The Balaban J connectivity index is 1.71. The SMILES string of the molecule is CNC(=O)c1cccc(COc2cccc(C3O[C@H](CO)C[C@H](O)[C@@H]3O)c2)c1. The van der Waals surface area contributed by atoms with E-state index in [4.69, 9.17) is 9.47 Å². The van der Waals surface area contributed by atoms with Gasteiger partial charge in [-0.1, -0.05) is 24.3 Å². The molecule has 0 bridgehead atoms. The van der Waals surface area contributed by atoms with E-state index in [9.17, 15) is 20.1 Å². The lowest BCUT2D eigenvalue weighted by molar-refractivity contribution is -0.179. The first kappa shape index (κ1) is 20.3. The van der Waals surface area contributed by atoms with E-state index in [2.05, 4.69) is 5.32 Å². The molecule has 1 heterocycles. The van der Waals surface area contributed by atoms with Crippen LogP contribution < -0.4 is 10.1 Å². The van der Waals surface area contributed by atoms with Crippen molar-refractivity contribution in [1.29, 1.82) is 0 Å². The maximum absolute atomic E-state index is 11.7. The van der Waals surface area contributed by atoms with Crippen LogP contribution in [0.4, 0.5) is 0 Å². The maximum Gasteiger partial charge on any atom is 0.251 e. The van der Waals surface area contributed by atoms with E-state index in [0.29, 0.717) is 16.9 Å². The fraction of sp³-hybridized carbons (Fsp3) is 0.381. The second-order valence-corrected chi connectivity index (χ2v) is 6.80. The number of nitrogens with one attached hydrogen (secondary N) is 1. The molecule has 0 saturated carbocycles. The minimum atomic E-state index is -1.08. The molecule has 0 radical (unpaired) electrons. The lowest BCUT2D eigenvalue weighted by atomic mass is 9.93. The van der Waals surface area contributed by atoms with Crippen molar-refractivity contribution < 1.29 is 29.6 Å². The molecule has 1 unspecified atom stereocenters. The molecule has 2 aromatic rings. The first-order valence-electron chi connectivity index (χ1n) is 9.18. The number of carbonyl (C=O) groups excluding carboxylic acids is 1. The molecule has 2 aromatic carbocycles. The Morgan fingerprint density at radius 3 is 2.75 bits per heavy atom. The molecule has 0 aliphatic carbocycles. The van der Waals surface area contributed by atoms with Gasteiger partial charge in [-0.3, -0.25) is 4.79 Å². The van der Waals surface area contributed by atoms with Gasteiger partial charge in [0.2, 0.25) is 0 Å². The van der Waals surface area contributed by atoms with Crippen molar-refractivity contribution in [3.8, 4) is 5.75 Å². The zero-order valence-corrected chi connectivity index (χ0v) is 15.6. The first-order chi connectivity index (χ1) is 13.5. The molecular weight excluding hydrogens is 362 g/mol. The summed E-state index contributed by atoms with van der Waals surface area (Å²) in [6.45, 7) is 0.0441. The van der Waals surface area contributed by atoms with Gasteiger partial charge in [-0.05, 0) is 35.4 Å². The molecule has 3 rings (SSSR count). The quantitative estimate of drug-likeness (QED) is 0.593. The Labute approximate surface area is 163 Å². The van der Waals surface area contributed by atoms with Gasteiger partial charge in [0.25, 0.3) is 5.91 Å². The van der Waals surface area contributed by atoms with Crippen LogP contribution in [-0.2, 0) is 11.3 Å². The van der Waals surface area contributed by atoms with Crippen molar-refractivity contribution in [3.05, 3.63) is 65.2 Å². The standard InChI is InChI=1S/C21H25NO6/c1-22-21(26)15-6-2-4-13(8-15)12-27-16-7-3-5-14(9-16)20-19(25)18(24)10-17(11-23)28-20/h2-9,17-20,23-25H,10-12H2,1H3,(H,22,26)/t17-,18-,19-,20?/m0/s1. The summed E-state index contributed by atoms with van der Waals surface area (Å²) < 4.78 is 11.5. The molecule has 1 saturated heterocycles. The molecule has 28 heavy (non-hydrogen) atoms. The van der Waals surface area contributed by atoms with Crippen LogP contribution in [0.3, 0.4) is 0 Å². The highest BCUT2D eigenvalue weighted by molar-refractivity contribution is 5.94. The number of aliphatic hydroxyl groups excluding tert-OH is 3. The van der Waals surface area contributed by atoms with Gasteiger partial charge in [-0.2, -0.15) is 0 Å². The molecule has 1 aliphatic rings. The van der Waals surface area contributed by atoms with Crippen molar-refractivity contribution >= 4 is 5.91 Å². The maximum atomic E-state index is 11.7. The summed E-state index contributed by atoms with van der Waals surface area (Å²) >= 11 is 0. The Morgan fingerprint density at radius 2 is 2.00 bits per heavy atom. The molecule has 1 fully saturated rings. The van der Waals surface area contributed by atoms with Crippen molar-refractivity contribution in [2.75, 3.05) is 13.7 Å². The van der Waals surface area contributed by atoms with Crippen molar-refractivity contribution in [3.63, 3.8) is 0 Å². The number of hydrogen-bond donors (Lipinski definition) is 4. The number of benzene rings is 2. The van der Waals surface area contributed by atoms with Crippen molar-refractivity contribution in [2.45, 2.75) is 37.4 Å². The average Bonchev–Trinajstić information content (AvgIpc) is 2.73. The second-order valence-electron chi connectivity index (χ2n) is 6.80. The summed E-state index contributed by atoms with van der Waals surface area (Å²) in [4.78, 5) is 11.7. The fourth-order valence-electron chi connectivity index (χ4n) is 3.24. The smallest absolute Gasteiger partial charge is 0.251 e. The molecule has 1 aliphatic heterocycles. The van der Waals surface area contributed by atoms with Crippen LogP contribution >= 0.6 is 0 Å². The summed E-state index contributed by atoms with van der Waals surface area (Å²) in [5.74, 6) is 0.406. The van der Waals surface area contributed by atoms with Gasteiger partial charge in [0.05, 0.1) is 18.8 Å². The molecule has 7 nitrogen and oxygen atoms in total. The Kier molecular flexibility index (Phi) is 6.64. The van der Waals surface area contributed by atoms with E-state index in [1.807, 2.05) is 6.07 Å². The summed E-state index contributed by atoms with van der Waals surface area (Å²) in [7, 11) is 1.58. The van der Waals surface area contributed by atoms with Crippen LogP contribution in [-0.4, -0.2) is 53.2 Å². The number of aliphatic hydroxyl groups is 3. The molecule has 150 valence electrons. The average molecular weight is 387 g/mol. The highest BCUT2D eigenvalue weighted by Crippen LogP contribution is 2.33. The van der Waals surface area contributed by atoms with Crippen LogP contribution in [0.25, 0.3) is 0 Å². The van der Waals surface area contributed by atoms with Crippen LogP contribution in [0, 0.1) is 0 Å². The van der Waals surface area contributed by atoms with E-state index in [1.54, 1.807) is 49.5 Å². The molecule has 4 atom stereocenters. The van der Waals surface area contributed by atoms with E-state index in [0.717, 1.165) is 5.56 Å². The first-order valence-corrected chi connectivity index (χ1v) is 9.18. The van der Waals surface area contributed by atoms with E-state index >= 15 is 0 Å². The topological polar surface area (TPSA) is 108 Å². The van der Waals surface area contributed by atoms with Crippen LogP contribution in [0.2, 0.25) is 0 Å². The van der Waals surface area contributed by atoms with Gasteiger partial charge >= 0.3 is 0 Å². The molecular formula is C21H25NO6. The highest BCUT2D eigenvalue weighted by atomic mass is 16.5. The minimum Gasteiger partial charge on any atom is -0.489 e. The third-order valence-electron chi connectivity index (χ3n) is 4.76. The third kappa shape index (κ3) is 4.69. The van der Waals surface area contributed by atoms with E-state index in [-0.39, 0.29) is 25.5 Å². The Bertz CT molecular complexity index is 811. The van der Waals surface area contributed by atoms with Crippen LogP contribution in [0.1, 0.15) is 34.0 Å². The third-order valence-corrected chi connectivity index (χ3v) is 4.76. The Morgan fingerprint density at radius 1 is 1.21 bits per heavy atom. The number of rotatable bonds is 6. The van der Waals surface area contributed by atoms with Crippen molar-refractivity contribution in [1.82, 2.24) is 5.32 Å². The zero-order valence-electron chi connectivity index (χ0n) is 15.6. The second kappa shape index (κ2) is 9.16. The van der Waals surface area contributed by atoms with Crippen molar-refractivity contribution in [2.24, 2.45) is 0 Å². The van der Waals surface area contributed by atoms with E-state index in [1.165, 1.54) is 0 Å². The highest BCUT2D eigenvalue weighted by Gasteiger charge is 2.37. The molecule has 7 heteroatoms. The monoisotopic (exact) mass is 387 g/mol. The Hall–Kier alpha value is -2.45.